The van der Waals surface area contributed by atoms with Crippen molar-refractivity contribution >= 4 is 0 Å². The van der Waals surface area contributed by atoms with Crippen LogP contribution in [0, 0.1) is 5.92 Å². The molecule has 0 aliphatic carbocycles. The second-order valence-corrected chi connectivity index (χ2v) is 4.16. The first-order valence-corrected chi connectivity index (χ1v) is 6.79. The van der Waals surface area contributed by atoms with Crippen LogP contribution in [0.1, 0.15) is 54.9 Å². The lowest BCUT2D eigenvalue weighted by molar-refractivity contribution is 0.151. The maximum atomic E-state index is 4.98. The fourth-order valence-electron chi connectivity index (χ4n) is 0.965. The highest BCUT2D eigenvalue weighted by molar-refractivity contribution is 4.51. The maximum Gasteiger partial charge on any atom is 0.0589 e. The van der Waals surface area contributed by atoms with E-state index >= 15 is 0 Å². The molecule has 0 aromatic rings. The molecule has 0 aromatic carbocycles. The van der Waals surface area contributed by atoms with Crippen LogP contribution in [0.15, 0.2) is 0 Å². The molecule has 0 fully saturated rings. The highest BCUT2D eigenvalue weighted by Gasteiger charge is 1.97. The van der Waals surface area contributed by atoms with Crippen molar-refractivity contribution < 1.29 is 4.74 Å². The van der Waals surface area contributed by atoms with E-state index in [0.29, 0.717) is 0 Å². The number of hydrogen-bond donors (Lipinski definition) is 0. The van der Waals surface area contributed by atoms with Gasteiger partial charge < -0.3 is 9.64 Å². The molecule has 0 saturated carbocycles. The SMILES string of the molecule is CC.CC(C)C.CCCN(CC)CCOC. The van der Waals surface area contributed by atoms with E-state index in [-0.39, 0.29) is 0 Å². The predicted molar refractivity (Wildman–Crippen MR) is 76.1 cm³/mol. The number of likely N-dealkylation sites (N-methyl/N-ethyl adjacent to an activating group) is 1. The van der Waals surface area contributed by atoms with Crippen molar-refractivity contribution in [1.29, 1.82) is 0 Å². The molecule has 0 heterocycles. The molecule has 0 atom stereocenters. The van der Waals surface area contributed by atoms with Gasteiger partial charge in [-0.15, -0.1) is 0 Å². The van der Waals surface area contributed by atoms with Crippen molar-refractivity contribution in [3.8, 4) is 0 Å². The van der Waals surface area contributed by atoms with Crippen molar-refractivity contribution in [1.82, 2.24) is 4.90 Å². The van der Waals surface area contributed by atoms with E-state index in [1.54, 1.807) is 7.11 Å². The first-order valence-electron chi connectivity index (χ1n) is 6.79. The lowest BCUT2D eigenvalue weighted by Crippen LogP contribution is -2.27. The van der Waals surface area contributed by atoms with Crippen molar-refractivity contribution in [2.45, 2.75) is 54.9 Å². The lowest BCUT2D eigenvalue weighted by atomic mass is 10.3. The Morgan fingerprint density at radius 1 is 1.00 bits per heavy atom. The molecule has 102 valence electrons. The van der Waals surface area contributed by atoms with Crippen LogP contribution in [0.5, 0.6) is 0 Å². The second kappa shape index (κ2) is 20.3. The third kappa shape index (κ3) is 29.2. The van der Waals surface area contributed by atoms with Gasteiger partial charge in [0.2, 0.25) is 0 Å². The van der Waals surface area contributed by atoms with E-state index < -0.39 is 0 Å². The third-order valence-electron chi connectivity index (χ3n) is 1.60. The molecule has 2 nitrogen and oxygen atoms in total. The second-order valence-electron chi connectivity index (χ2n) is 4.16. The fourth-order valence-corrected chi connectivity index (χ4v) is 0.965. The number of rotatable bonds is 6. The number of nitrogens with zero attached hydrogens (tertiary/aromatic N) is 1. The molecule has 0 aromatic heterocycles. The smallest absolute Gasteiger partial charge is 0.0589 e. The fraction of sp³-hybridized carbons (Fsp3) is 1.00. The van der Waals surface area contributed by atoms with Crippen LogP contribution >= 0.6 is 0 Å². The Balaban J connectivity index is -0.000000237. The number of hydrogen-bond acceptors (Lipinski definition) is 2. The molecule has 2 heteroatoms. The van der Waals surface area contributed by atoms with E-state index in [9.17, 15) is 0 Å². The van der Waals surface area contributed by atoms with E-state index in [1.807, 2.05) is 13.8 Å². The molecule has 0 aliphatic heterocycles. The molecule has 0 bridgehead atoms. The monoisotopic (exact) mass is 233 g/mol. The standard InChI is InChI=1S/C8H19NO.C4H10.C2H6/c1-4-6-9(5-2)7-8-10-3;1-4(2)3;1-2/h4-8H2,1-3H3;4H,1-3H3;1-2H3. The molecule has 0 amide bonds. The summed E-state index contributed by atoms with van der Waals surface area (Å²) in [5, 5.41) is 0. The predicted octanol–water partition coefficient (Wildman–Crippen LogP) is 4.05. The number of methoxy groups -OCH3 is 1. The van der Waals surface area contributed by atoms with Crippen LogP contribution in [0.3, 0.4) is 0 Å². The minimum Gasteiger partial charge on any atom is -0.383 e. The molecule has 0 rings (SSSR count). The summed E-state index contributed by atoms with van der Waals surface area (Å²) in [5.41, 5.74) is 0. The first-order chi connectivity index (χ1) is 7.58. The molecule has 0 saturated heterocycles. The van der Waals surface area contributed by atoms with Crippen LogP contribution in [-0.2, 0) is 4.74 Å². The van der Waals surface area contributed by atoms with Crippen molar-refractivity contribution in [2.75, 3.05) is 33.4 Å². The van der Waals surface area contributed by atoms with Crippen LogP contribution in [0.25, 0.3) is 0 Å². The van der Waals surface area contributed by atoms with Crippen LogP contribution < -0.4 is 0 Å². The van der Waals surface area contributed by atoms with Crippen LogP contribution in [0.4, 0.5) is 0 Å². The van der Waals surface area contributed by atoms with Crippen LogP contribution in [-0.4, -0.2) is 38.3 Å². The lowest BCUT2D eigenvalue weighted by Gasteiger charge is -2.18. The molecule has 0 radical (unpaired) electrons. The van der Waals surface area contributed by atoms with Gasteiger partial charge in [-0.25, -0.2) is 0 Å². The van der Waals surface area contributed by atoms with Crippen LogP contribution in [0.2, 0.25) is 0 Å². The molecule has 0 N–H and O–H groups in total. The molecule has 0 unspecified atom stereocenters. The quantitative estimate of drug-likeness (QED) is 0.686. The van der Waals surface area contributed by atoms with Gasteiger partial charge in [0, 0.05) is 13.7 Å². The van der Waals surface area contributed by atoms with E-state index in [1.165, 1.54) is 13.0 Å². The minimum atomic E-state index is 0.833. The molecular formula is C14H35NO. The summed E-state index contributed by atoms with van der Waals surface area (Å²) in [7, 11) is 1.75. The van der Waals surface area contributed by atoms with Crippen molar-refractivity contribution in [2.24, 2.45) is 5.92 Å². The van der Waals surface area contributed by atoms with Crippen molar-refractivity contribution in [3.63, 3.8) is 0 Å². The largest absolute Gasteiger partial charge is 0.383 e. The zero-order valence-electron chi connectivity index (χ0n) is 13.0. The summed E-state index contributed by atoms with van der Waals surface area (Å²) in [4.78, 5) is 2.39. The van der Waals surface area contributed by atoms with Gasteiger partial charge in [-0.05, 0) is 25.4 Å². The molecule has 16 heavy (non-hydrogen) atoms. The first kappa shape index (κ1) is 21.2. The van der Waals surface area contributed by atoms with Gasteiger partial charge in [0.05, 0.1) is 6.61 Å². The molecule has 0 aliphatic rings. The van der Waals surface area contributed by atoms with Gasteiger partial charge >= 0.3 is 0 Å². The van der Waals surface area contributed by atoms with E-state index in [2.05, 4.69) is 39.5 Å². The molecular weight excluding hydrogens is 198 g/mol. The van der Waals surface area contributed by atoms with Gasteiger partial charge in [-0.2, -0.15) is 0 Å². The Morgan fingerprint density at radius 3 is 1.69 bits per heavy atom. The summed E-state index contributed by atoms with van der Waals surface area (Å²) in [6, 6.07) is 0. The summed E-state index contributed by atoms with van der Waals surface area (Å²) in [5.74, 6) is 0.833. The zero-order valence-corrected chi connectivity index (χ0v) is 13.0. The third-order valence-corrected chi connectivity index (χ3v) is 1.60. The maximum absolute atomic E-state index is 4.98. The summed E-state index contributed by atoms with van der Waals surface area (Å²) < 4.78 is 4.98. The number of ether oxygens (including phenoxy) is 1. The van der Waals surface area contributed by atoms with Gasteiger partial charge in [-0.1, -0.05) is 48.5 Å². The Labute approximate surface area is 104 Å². The van der Waals surface area contributed by atoms with Gasteiger partial charge in [0.25, 0.3) is 0 Å². The summed E-state index contributed by atoms with van der Waals surface area (Å²) >= 11 is 0. The summed E-state index contributed by atoms with van der Waals surface area (Å²) in [6.45, 7) is 19.1. The Hall–Kier alpha value is -0.0800. The van der Waals surface area contributed by atoms with E-state index in [0.717, 1.165) is 25.6 Å². The summed E-state index contributed by atoms with van der Waals surface area (Å²) in [6.07, 6.45) is 1.23. The highest BCUT2D eigenvalue weighted by atomic mass is 16.5. The van der Waals surface area contributed by atoms with Gasteiger partial charge in [0.1, 0.15) is 0 Å². The zero-order chi connectivity index (χ0) is 13.4. The van der Waals surface area contributed by atoms with Gasteiger partial charge in [-0.3, -0.25) is 0 Å². The van der Waals surface area contributed by atoms with E-state index in [4.69, 9.17) is 4.74 Å². The minimum absolute atomic E-state index is 0.833. The Morgan fingerprint density at radius 2 is 1.44 bits per heavy atom. The highest BCUT2D eigenvalue weighted by Crippen LogP contribution is 1.89. The average Bonchev–Trinajstić information content (AvgIpc) is 2.26. The normalized spacial score (nSPS) is 9.38. The topological polar surface area (TPSA) is 12.5 Å². The van der Waals surface area contributed by atoms with Gasteiger partial charge in [0.15, 0.2) is 0 Å². The molecule has 0 spiro atoms. The van der Waals surface area contributed by atoms with Crippen molar-refractivity contribution in [3.05, 3.63) is 0 Å². The Bertz CT molecular complexity index is 92.0. The average molecular weight is 233 g/mol. The Kier molecular flexibility index (Phi) is 27.0.